The summed E-state index contributed by atoms with van der Waals surface area (Å²) >= 11 is 0. The summed E-state index contributed by atoms with van der Waals surface area (Å²) in [5.41, 5.74) is -1.44. The molecule has 190 valence electrons. The smallest absolute Gasteiger partial charge is 0.416 e. The lowest BCUT2D eigenvalue weighted by molar-refractivity contribution is -0.150. The van der Waals surface area contributed by atoms with Crippen LogP contribution in [0.3, 0.4) is 0 Å². The summed E-state index contributed by atoms with van der Waals surface area (Å²) in [6.07, 6.45) is -5.37. The van der Waals surface area contributed by atoms with Crippen LogP contribution in [0.15, 0.2) is 36.4 Å². The van der Waals surface area contributed by atoms with Crippen LogP contribution in [0.5, 0.6) is 0 Å². The van der Waals surface area contributed by atoms with Gasteiger partial charge in [-0.1, -0.05) is 12.1 Å². The van der Waals surface area contributed by atoms with Gasteiger partial charge in [-0.2, -0.15) is 13.2 Å². The molecule has 2 aliphatic heterocycles. The number of carbonyl (C=O) groups excluding carboxylic acids is 3. The second-order valence-corrected chi connectivity index (χ2v) is 8.20. The summed E-state index contributed by atoms with van der Waals surface area (Å²) in [5, 5.41) is 9.55. The van der Waals surface area contributed by atoms with E-state index in [1.54, 1.807) is 0 Å². The number of hydrogen-bond donors (Lipinski definition) is 1. The Morgan fingerprint density at radius 3 is 2.44 bits per heavy atom. The van der Waals surface area contributed by atoms with Crippen LogP contribution in [0, 0.1) is 18.7 Å². The highest BCUT2D eigenvalue weighted by atomic mass is 19.4. The molecule has 2 aromatic rings. The first-order valence-corrected chi connectivity index (χ1v) is 10.7. The molecule has 4 amide bonds. The number of ether oxygens (including phenoxy) is 1. The first-order valence-electron chi connectivity index (χ1n) is 10.7. The number of amides is 4. The standard InChI is InChI=1S/C23H19F4N3O6/c1-12-13(3-2-4-16(12)23(25,26)27)10-30-19(31)15(20(32)33)11-29(21(30)34)18-6-5-14(9-17(18)24)28-7-8-36-22(28)35/h2-6,9,15H,7-8,10-11H2,1H3,(H,32,33). The number of carboxylic acids is 1. The molecule has 0 aromatic heterocycles. The van der Waals surface area contributed by atoms with E-state index in [-0.39, 0.29) is 35.7 Å². The molecule has 36 heavy (non-hydrogen) atoms. The van der Waals surface area contributed by atoms with E-state index in [2.05, 4.69) is 0 Å². The third-order valence-corrected chi connectivity index (χ3v) is 6.06. The zero-order valence-electron chi connectivity index (χ0n) is 18.7. The van der Waals surface area contributed by atoms with E-state index in [0.717, 1.165) is 34.1 Å². The number of aliphatic carboxylic acids is 1. The fourth-order valence-corrected chi connectivity index (χ4v) is 4.14. The van der Waals surface area contributed by atoms with Crippen LogP contribution in [-0.2, 0) is 27.0 Å². The number of urea groups is 1. The Balaban J connectivity index is 1.69. The van der Waals surface area contributed by atoms with Gasteiger partial charge in [0.1, 0.15) is 12.4 Å². The first-order chi connectivity index (χ1) is 16.9. The second kappa shape index (κ2) is 9.13. The highest BCUT2D eigenvalue weighted by molar-refractivity contribution is 6.12. The lowest BCUT2D eigenvalue weighted by Crippen LogP contribution is -2.58. The molecule has 0 saturated carbocycles. The van der Waals surface area contributed by atoms with Crippen LogP contribution in [0.2, 0.25) is 0 Å². The predicted octanol–water partition coefficient (Wildman–Crippen LogP) is 3.78. The van der Waals surface area contributed by atoms with E-state index < -0.39 is 60.6 Å². The van der Waals surface area contributed by atoms with Crippen molar-refractivity contribution in [1.29, 1.82) is 0 Å². The molecule has 13 heteroatoms. The van der Waals surface area contributed by atoms with Crippen molar-refractivity contribution in [3.05, 3.63) is 58.9 Å². The zero-order chi connectivity index (χ0) is 26.4. The van der Waals surface area contributed by atoms with Gasteiger partial charge >= 0.3 is 24.3 Å². The summed E-state index contributed by atoms with van der Waals surface area (Å²) in [6, 6.07) is 5.58. The first kappa shape index (κ1) is 24.9. The van der Waals surface area contributed by atoms with E-state index in [0.29, 0.717) is 4.90 Å². The van der Waals surface area contributed by atoms with Crippen molar-refractivity contribution in [2.75, 3.05) is 29.5 Å². The van der Waals surface area contributed by atoms with E-state index in [9.17, 15) is 37.5 Å². The molecule has 2 aromatic carbocycles. The highest BCUT2D eigenvalue weighted by Gasteiger charge is 2.44. The Morgan fingerprint density at radius 2 is 1.86 bits per heavy atom. The minimum absolute atomic E-state index is 0.0270. The van der Waals surface area contributed by atoms with Crippen molar-refractivity contribution >= 4 is 35.4 Å². The number of rotatable bonds is 5. The molecule has 0 aliphatic carbocycles. The number of anilines is 2. The number of cyclic esters (lactones) is 1. The Morgan fingerprint density at radius 1 is 1.14 bits per heavy atom. The minimum atomic E-state index is -4.68. The monoisotopic (exact) mass is 509 g/mol. The average molecular weight is 509 g/mol. The predicted molar refractivity (Wildman–Crippen MR) is 116 cm³/mol. The van der Waals surface area contributed by atoms with E-state index in [1.165, 1.54) is 19.1 Å². The van der Waals surface area contributed by atoms with Crippen LogP contribution in [-0.4, -0.2) is 53.7 Å². The highest BCUT2D eigenvalue weighted by Crippen LogP contribution is 2.35. The van der Waals surface area contributed by atoms with Crippen molar-refractivity contribution in [3.8, 4) is 0 Å². The number of carbonyl (C=O) groups is 4. The number of halogens is 4. The van der Waals surface area contributed by atoms with E-state index >= 15 is 4.39 Å². The molecular formula is C23H19F4N3O6. The molecule has 9 nitrogen and oxygen atoms in total. The topological polar surface area (TPSA) is 107 Å². The number of hydrogen-bond acceptors (Lipinski definition) is 5. The van der Waals surface area contributed by atoms with E-state index in [4.69, 9.17) is 4.74 Å². The van der Waals surface area contributed by atoms with Crippen molar-refractivity contribution in [2.24, 2.45) is 5.92 Å². The van der Waals surface area contributed by atoms with Crippen LogP contribution in [0.1, 0.15) is 16.7 Å². The SMILES string of the molecule is Cc1c(CN2C(=O)C(C(=O)O)CN(c3ccc(N4CCOC4=O)cc3F)C2=O)cccc1C(F)(F)F. The van der Waals surface area contributed by atoms with Crippen molar-refractivity contribution < 1.29 is 46.6 Å². The van der Waals surface area contributed by atoms with Crippen LogP contribution >= 0.6 is 0 Å². The summed E-state index contributed by atoms with van der Waals surface area (Å²) in [5.74, 6) is -5.46. The Bertz CT molecular complexity index is 1260. The molecule has 1 N–H and O–H groups in total. The summed E-state index contributed by atoms with van der Waals surface area (Å²) in [6.45, 7) is 0.129. The fraction of sp³-hybridized carbons (Fsp3) is 0.304. The molecular weight excluding hydrogens is 490 g/mol. The number of carboxylic acid groups (broad SMARTS) is 1. The molecule has 2 fully saturated rings. The average Bonchev–Trinajstić information content (AvgIpc) is 3.23. The molecule has 0 spiro atoms. The van der Waals surface area contributed by atoms with E-state index in [1.807, 2.05) is 0 Å². The molecule has 2 saturated heterocycles. The van der Waals surface area contributed by atoms with Crippen LogP contribution < -0.4 is 9.80 Å². The van der Waals surface area contributed by atoms with Gasteiger partial charge in [-0.3, -0.25) is 24.3 Å². The molecule has 4 rings (SSSR count). The number of nitrogens with zero attached hydrogens (tertiary/aromatic N) is 3. The number of alkyl halides is 3. The summed E-state index contributed by atoms with van der Waals surface area (Å²) in [7, 11) is 0. The zero-order valence-corrected chi connectivity index (χ0v) is 18.7. The maximum absolute atomic E-state index is 15.1. The van der Waals surface area contributed by atoms with Gasteiger partial charge < -0.3 is 9.84 Å². The quantitative estimate of drug-likeness (QED) is 0.486. The van der Waals surface area contributed by atoms with Gasteiger partial charge in [0.05, 0.1) is 36.6 Å². The van der Waals surface area contributed by atoms with Crippen LogP contribution in [0.25, 0.3) is 0 Å². The number of benzene rings is 2. The summed E-state index contributed by atoms with van der Waals surface area (Å²) < 4.78 is 59.8. The van der Waals surface area contributed by atoms with Gasteiger partial charge in [0, 0.05) is 0 Å². The van der Waals surface area contributed by atoms with Gasteiger partial charge in [-0.05, 0) is 42.3 Å². The van der Waals surface area contributed by atoms with Crippen molar-refractivity contribution in [2.45, 2.75) is 19.6 Å². The van der Waals surface area contributed by atoms with Crippen molar-refractivity contribution in [3.63, 3.8) is 0 Å². The fourth-order valence-electron chi connectivity index (χ4n) is 4.14. The third-order valence-electron chi connectivity index (χ3n) is 6.06. The van der Waals surface area contributed by atoms with Gasteiger partial charge in [0.25, 0.3) is 0 Å². The Kier molecular flexibility index (Phi) is 6.33. The molecule has 1 atom stereocenters. The molecule has 2 heterocycles. The largest absolute Gasteiger partial charge is 0.481 e. The lowest BCUT2D eigenvalue weighted by Gasteiger charge is -2.37. The lowest BCUT2D eigenvalue weighted by atomic mass is 9.99. The van der Waals surface area contributed by atoms with Gasteiger partial charge in [0.2, 0.25) is 5.91 Å². The molecule has 0 bridgehead atoms. The van der Waals surface area contributed by atoms with Crippen LogP contribution in [0.4, 0.5) is 38.5 Å². The summed E-state index contributed by atoms with van der Waals surface area (Å²) in [4.78, 5) is 51.9. The molecule has 2 aliphatic rings. The van der Waals surface area contributed by atoms with Gasteiger partial charge in [-0.15, -0.1) is 0 Å². The second-order valence-electron chi connectivity index (χ2n) is 8.20. The molecule has 0 radical (unpaired) electrons. The molecule has 1 unspecified atom stereocenters. The maximum atomic E-state index is 15.1. The Labute approximate surface area is 201 Å². The third kappa shape index (κ3) is 4.43. The maximum Gasteiger partial charge on any atom is 0.416 e. The Hall–Kier alpha value is -4.16. The van der Waals surface area contributed by atoms with Crippen molar-refractivity contribution in [1.82, 2.24) is 4.90 Å². The minimum Gasteiger partial charge on any atom is -0.481 e. The normalized spacial score (nSPS) is 18.6. The van der Waals surface area contributed by atoms with Gasteiger partial charge in [0.15, 0.2) is 5.92 Å². The van der Waals surface area contributed by atoms with Gasteiger partial charge in [-0.25, -0.2) is 14.0 Å². The number of imide groups is 1.